The van der Waals surface area contributed by atoms with Gasteiger partial charge in [-0.2, -0.15) is 0 Å². The summed E-state index contributed by atoms with van der Waals surface area (Å²) in [6.45, 7) is 0. The van der Waals surface area contributed by atoms with Crippen LogP contribution in [0.5, 0.6) is 0 Å². The van der Waals surface area contributed by atoms with E-state index in [1.165, 1.54) is 22.2 Å². The first-order chi connectivity index (χ1) is 9.84. The average molecular weight is 260 g/mol. The molecule has 1 aliphatic rings. The van der Waals surface area contributed by atoms with Gasteiger partial charge in [-0.1, -0.05) is 42.5 Å². The van der Waals surface area contributed by atoms with Gasteiger partial charge < -0.3 is 9.47 Å². The van der Waals surface area contributed by atoms with Crippen LogP contribution in [0.1, 0.15) is 11.7 Å². The highest BCUT2D eigenvalue weighted by Crippen LogP contribution is 2.33. The molecule has 0 saturated heterocycles. The van der Waals surface area contributed by atoms with Gasteiger partial charge in [0.15, 0.2) is 0 Å². The molecule has 4 rings (SSSR count). The second-order valence-corrected chi connectivity index (χ2v) is 5.22. The number of nitrogens with zero attached hydrogens (tertiary/aromatic N) is 2. The van der Waals surface area contributed by atoms with Crippen LogP contribution in [0.3, 0.4) is 0 Å². The highest BCUT2D eigenvalue weighted by Gasteiger charge is 2.20. The average Bonchev–Trinajstić information content (AvgIpc) is 2.92. The Balaban J connectivity index is 1.85. The highest BCUT2D eigenvalue weighted by molar-refractivity contribution is 5.81. The number of para-hydroxylation sites is 2. The number of hydrogen-bond acceptors (Lipinski definition) is 1. The number of rotatable bonds is 1. The molecule has 0 N–H and O–H groups in total. The van der Waals surface area contributed by atoms with E-state index in [0.717, 1.165) is 0 Å². The van der Waals surface area contributed by atoms with Crippen LogP contribution in [-0.2, 0) is 0 Å². The van der Waals surface area contributed by atoms with Gasteiger partial charge in [0, 0.05) is 18.9 Å². The Morgan fingerprint density at radius 3 is 2.65 bits per heavy atom. The van der Waals surface area contributed by atoms with Crippen LogP contribution in [0.4, 0.5) is 5.69 Å². The molecule has 3 aromatic rings. The molecule has 1 atom stereocenters. The molecule has 0 saturated carbocycles. The first kappa shape index (κ1) is 11.4. The molecule has 2 aromatic carbocycles. The number of anilines is 1. The molecule has 2 heterocycles. The molecule has 0 radical (unpaired) electrons. The van der Waals surface area contributed by atoms with Crippen molar-refractivity contribution in [3.63, 3.8) is 0 Å². The minimum atomic E-state index is 0.227. The lowest BCUT2D eigenvalue weighted by Crippen LogP contribution is -2.29. The van der Waals surface area contributed by atoms with E-state index >= 15 is 0 Å². The molecule has 20 heavy (non-hydrogen) atoms. The molecule has 0 fully saturated rings. The van der Waals surface area contributed by atoms with Gasteiger partial charge in [0.2, 0.25) is 0 Å². The summed E-state index contributed by atoms with van der Waals surface area (Å²) in [7, 11) is 2.15. The van der Waals surface area contributed by atoms with Gasteiger partial charge in [0.1, 0.15) is 6.17 Å². The third kappa shape index (κ3) is 1.58. The van der Waals surface area contributed by atoms with Crippen molar-refractivity contribution in [3.8, 4) is 0 Å². The fourth-order valence-corrected chi connectivity index (χ4v) is 3.03. The number of aromatic nitrogens is 1. The van der Waals surface area contributed by atoms with Crippen LogP contribution >= 0.6 is 0 Å². The van der Waals surface area contributed by atoms with E-state index in [1.807, 2.05) is 0 Å². The summed E-state index contributed by atoms with van der Waals surface area (Å²) >= 11 is 0. The minimum absolute atomic E-state index is 0.227. The Labute approximate surface area is 118 Å². The zero-order chi connectivity index (χ0) is 13.5. The Kier molecular flexibility index (Phi) is 2.43. The molecular formula is C18H16N2. The topological polar surface area (TPSA) is 8.17 Å². The van der Waals surface area contributed by atoms with E-state index in [9.17, 15) is 0 Å². The van der Waals surface area contributed by atoms with E-state index in [2.05, 4.69) is 89.5 Å². The van der Waals surface area contributed by atoms with Crippen molar-refractivity contribution in [3.05, 3.63) is 72.4 Å². The predicted molar refractivity (Wildman–Crippen MR) is 84.9 cm³/mol. The molecule has 0 aliphatic carbocycles. The Hall–Kier alpha value is -2.48. The van der Waals surface area contributed by atoms with E-state index in [4.69, 9.17) is 0 Å². The van der Waals surface area contributed by atoms with Crippen molar-refractivity contribution >= 4 is 22.7 Å². The van der Waals surface area contributed by atoms with Crippen molar-refractivity contribution < 1.29 is 0 Å². The molecule has 1 aliphatic heterocycles. The number of likely N-dealkylation sites (N-methyl/N-ethyl adjacent to an activating group) is 1. The highest BCUT2D eigenvalue weighted by atomic mass is 15.3. The SMILES string of the molecule is CN1c2ccccc2C=C[C@H]1n1ccc2ccccc21. The van der Waals surface area contributed by atoms with Crippen molar-refractivity contribution in [1.29, 1.82) is 0 Å². The molecule has 0 spiro atoms. The van der Waals surface area contributed by atoms with Crippen molar-refractivity contribution in [2.75, 3.05) is 11.9 Å². The second-order valence-electron chi connectivity index (χ2n) is 5.22. The summed E-state index contributed by atoms with van der Waals surface area (Å²) in [5.41, 5.74) is 3.83. The van der Waals surface area contributed by atoms with Gasteiger partial charge in [-0.15, -0.1) is 0 Å². The maximum Gasteiger partial charge on any atom is 0.125 e. The maximum atomic E-state index is 2.32. The number of benzene rings is 2. The van der Waals surface area contributed by atoms with Crippen LogP contribution in [0.15, 0.2) is 66.9 Å². The predicted octanol–water partition coefficient (Wildman–Crippen LogP) is 4.30. The number of hydrogen-bond donors (Lipinski definition) is 0. The van der Waals surface area contributed by atoms with Crippen molar-refractivity contribution in [1.82, 2.24) is 4.57 Å². The van der Waals surface area contributed by atoms with Gasteiger partial charge >= 0.3 is 0 Å². The van der Waals surface area contributed by atoms with Crippen LogP contribution in [-0.4, -0.2) is 11.6 Å². The van der Waals surface area contributed by atoms with E-state index in [1.54, 1.807) is 0 Å². The molecule has 0 unspecified atom stereocenters. The van der Waals surface area contributed by atoms with E-state index < -0.39 is 0 Å². The van der Waals surface area contributed by atoms with Gasteiger partial charge in [-0.3, -0.25) is 0 Å². The van der Waals surface area contributed by atoms with Crippen molar-refractivity contribution in [2.45, 2.75) is 6.17 Å². The lowest BCUT2D eigenvalue weighted by molar-refractivity contribution is 0.609. The molecular weight excluding hydrogens is 244 g/mol. The third-order valence-electron chi connectivity index (χ3n) is 4.08. The van der Waals surface area contributed by atoms with Crippen LogP contribution in [0.25, 0.3) is 17.0 Å². The Morgan fingerprint density at radius 2 is 1.70 bits per heavy atom. The normalized spacial score (nSPS) is 17.4. The van der Waals surface area contributed by atoms with Gasteiger partial charge in [-0.05, 0) is 35.2 Å². The summed E-state index contributed by atoms with van der Waals surface area (Å²) in [6.07, 6.45) is 6.87. The summed E-state index contributed by atoms with van der Waals surface area (Å²) in [5.74, 6) is 0. The van der Waals surface area contributed by atoms with E-state index in [-0.39, 0.29) is 6.17 Å². The second kappa shape index (κ2) is 4.27. The quantitative estimate of drug-likeness (QED) is 0.633. The Bertz CT molecular complexity index is 798. The minimum Gasteiger partial charge on any atom is -0.350 e. The van der Waals surface area contributed by atoms with Crippen molar-refractivity contribution in [2.24, 2.45) is 0 Å². The van der Waals surface area contributed by atoms with Crippen LogP contribution in [0, 0.1) is 0 Å². The van der Waals surface area contributed by atoms with Crippen LogP contribution < -0.4 is 4.90 Å². The smallest absolute Gasteiger partial charge is 0.125 e. The lowest BCUT2D eigenvalue weighted by Gasteiger charge is -2.33. The molecule has 2 heteroatoms. The third-order valence-corrected chi connectivity index (χ3v) is 4.08. The first-order valence-electron chi connectivity index (χ1n) is 6.90. The number of fused-ring (bicyclic) bond motifs is 2. The molecule has 98 valence electrons. The zero-order valence-corrected chi connectivity index (χ0v) is 11.4. The first-order valence-corrected chi connectivity index (χ1v) is 6.90. The molecule has 2 nitrogen and oxygen atoms in total. The summed E-state index contributed by atoms with van der Waals surface area (Å²) in [5, 5.41) is 1.29. The fourth-order valence-electron chi connectivity index (χ4n) is 3.03. The van der Waals surface area contributed by atoms with E-state index in [0.29, 0.717) is 0 Å². The summed E-state index contributed by atoms with van der Waals surface area (Å²) in [4.78, 5) is 2.32. The lowest BCUT2D eigenvalue weighted by atomic mass is 10.1. The summed E-state index contributed by atoms with van der Waals surface area (Å²) in [6, 6.07) is 19.2. The molecule has 0 bridgehead atoms. The largest absolute Gasteiger partial charge is 0.350 e. The zero-order valence-electron chi connectivity index (χ0n) is 11.4. The molecule has 0 amide bonds. The fraction of sp³-hybridized carbons (Fsp3) is 0.111. The van der Waals surface area contributed by atoms with Crippen LogP contribution in [0.2, 0.25) is 0 Å². The van der Waals surface area contributed by atoms with Gasteiger partial charge in [0.05, 0.1) is 5.52 Å². The maximum absolute atomic E-state index is 2.32. The standard InChI is InChI=1S/C18H16N2/c1-19-16-8-4-2-6-14(16)10-11-18(19)20-13-12-15-7-3-5-9-17(15)20/h2-13,18H,1H3/t18-/m1/s1. The molecule has 1 aromatic heterocycles. The van der Waals surface area contributed by atoms with Gasteiger partial charge in [0.25, 0.3) is 0 Å². The van der Waals surface area contributed by atoms with Gasteiger partial charge in [-0.25, -0.2) is 0 Å². The summed E-state index contributed by atoms with van der Waals surface area (Å²) < 4.78 is 2.32. The Morgan fingerprint density at radius 1 is 0.900 bits per heavy atom. The monoisotopic (exact) mass is 260 g/mol.